The minimum Gasteiger partial charge on any atom is -0.450 e. The van der Waals surface area contributed by atoms with Crippen molar-refractivity contribution in [1.82, 2.24) is 24.8 Å². The molecular formula is C28H32N6O3. The molecule has 9 heteroatoms. The van der Waals surface area contributed by atoms with E-state index in [0.29, 0.717) is 11.5 Å². The van der Waals surface area contributed by atoms with Gasteiger partial charge in [0.05, 0.1) is 41.2 Å². The van der Waals surface area contributed by atoms with Crippen molar-refractivity contribution in [3.05, 3.63) is 60.6 Å². The highest BCUT2D eigenvalue weighted by Crippen LogP contribution is 2.33. The van der Waals surface area contributed by atoms with Gasteiger partial charge < -0.3 is 14.5 Å². The van der Waals surface area contributed by atoms with Crippen molar-refractivity contribution in [2.45, 2.75) is 45.9 Å². The number of hydrogen-bond acceptors (Lipinski definition) is 7. The maximum atomic E-state index is 11.9. The number of anilines is 1. The number of fused-ring (bicyclic) bond motifs is 1. The summed E-state index contributed by atoms with van der Waals surface area (Å²) in [5.74, 6) is 0.319. The topological polar surface area (TPSA) is 105 Å². The van der Waals surface area contributed by atoms with E-state index in [0.717, 1.165) is 46.7 Å². The fourth-order valence-corrected chi connectivity index (χ4v) is 4.87. The molecule has 0 bridgehead atoms. The van der Waals surface area contributed by atoms with Crippen LogP contribution in [0.5, 0.6) is 0 Å². The lowest BCUT2D eigenvalue weighted by Gasteiger charge is -2.38. The first-order chi connectivity index (χ1) is 17.9. The molecule has 9 nitrogen and oxygen atoms in total. The molecule has 1 aromatic carbocycles. The second-order valence-electron chi connectivity index (χ2n) is 9.42. The molecule has 1 amide bonds. The summed E-state index contributed by atoms with van der Waals surface area (Å²) < 4.78 is 10.9. The Balaban J connectivity index is 1.48. The number of nitrogens with zero attached hydrogens (tertiary/aromatic N) is 4. The van der Waals surface area contributed by atoms with Gasteiger partial charge in [0.2, 0.25) is 5.95 Å². The summed E-state index contributed by atoms with van der Waals surface area (Å²) in [5.41, 5.74) is 6.11. The summed E-state index contributed by atoms with van der Waals surface area (Å²) in [4.78, 5) is 31.5. The minimum atomic E-state index is -0.556. The van der Waals surface area contributed by atoms with E-state index in [1.54, 1.807) is 13.1 Å². The number of H-pyrrole nitrogens is 1. The van der Waals surface area contributed by atoms with Crippen molar-refractivity contribution in [3.8, 4) is 22.4 Å². The Labute approximate surface area is 216 Å². The van der Waals surface area contributed by atoms with Gasteiger partial charge in [-0.25, -0.2) is 9.78 Å². The molecule has 0 aliphatic carbocycles. The van der Waals surface area contributed by atoms with Gasteiger partial charge in [-0.1, -0.05) is 12.1 Å². The van der Waals surface area contributed by atoms with Crippen LogP contribution < -0.4 is 5.32 Å². The molecule has 1 aliphatic heterocycles. The lowest BCUT2D eigenvalue weighted by atomic mass is 10.00. The van der Waals surface area contributed by atoms with E-state index in [1.165, 1.54) is 0 Å². The van der Waals surface area contributed by atoms with Gasteiger partial charge in [0, 0.05) is 42.7 Å². The minimum absolute atomic E-state index is 0.193. The molecule has 37 heavy (non-hydrogen) atoms. The van der Waals surface area contributed by atoms with Gasteiger partial charge >= 0.3 is 6.09 Å². The Kier molecular flexibility index (Phi) is 7.16. The number of ether oxygens (including phenoxy) is 2. The summed E-state index contributed by atoms with van der Waals surface area (Å²) in [6.07, 6.45) is 3.53. The second-order valence-corrected chi connectivity index (χ2v) is 9.42. The zero-order valence-electron chi connectivity index (χ0n) is 21.6. The average molecular weight is 501 g/mol. The summed E-state index contributed by atoms with van der Waals surface area (Å²) in [6.45, 7) is 10.2. The predicted octanol–water partition coefficient (Wildman–Crippen LogP) is 5.43. The molecule has 4 heterocycles. The van der Waals surface area contributed by atoms with Crippen LogP contribution in [-0.2, 0) is 9.47 Å². The molecule has 1 saturated heterocycles. The van der Waals surface area contributed by atoms with E-state index in [4.69, 9.17) is 14.5 Å². The highest BCUT2D eigenvalue weighted by atomic mass is 16.5. The number of morpholine rings is 1. The largest absolute Gasteiger partial charge is 0.450 e. The van der Waals surface area contributed by atoms with Gasteiger partial charge in [-0.05, 0) is 63.6 Å². The molecule has 0 spiro atoms. The number of hydrogen-bond donors (Lipinski definition) is 2. The van der Waals surface area contributed by atoms with Crippen LogP contribution in [0.25, 0.3) is 33.4 Å². The van der Waals surface area contributed by atoms with Gasteiger partial charge in [-0.2, -0.15) is 0 Å². The Morgan fingerprint density at radius 3 is 2.65 bits per heavy atom. The highest BCUT2D eigenvalue weighted by Gasteiger charge is 2.27. The number of rotatable bonds is 6. The van der Waals surface area contributed by atoms with Crippen molar-refractivity contribution in [3.63, 3.8) is 0 Å². The van der Waals surface area contributed by atoms with E-state index < -0.39 is 6.09 Å². The van der Waals surface area contributed by atoms with Crippen molar-refractivity contribution < 1.29 is 14.3 Å². The lowest BCUT2D eigenvalue weighted by Crippen LogP contribution is -2.46. The Bertz CT molecular complexity index is 1360. The fourth-order valence-electron chi connectivity index (χ4n) is 4.87. The van der Waals surface area contributed by atoms with Gasteiger partial charge in [0.15, 0.2) is 0 Å². The number of amides is 1. The van der Waals surface area contributed by atoms with Gasteiger partial charge in [0.1, 0.15) is 0 Å². The van der Waals surface area contributed by atoms with Crippen LogP contribution >= 0.6 is 0 Å². The first kappa shape index (κ1) is 24.9. The number of benzene rings is 1. The molecule has 1 fully saturated rings. The third-order valence-corrected chi connectivity index (χ3v) is 6.57. The Morgan fingerprint density at radius 2 is 1.97 bits per heavy atom. The van der Waals surface area contributed by atoms with Crippen LogP contribution in [0.15, 0.2) is 54.9 Å². The molecule has 0 saturated carbocycles. The highest BCUT2D eigenvalue weighted by molar-refractivity contribution is 5.97. The molecule has 192 valence electrons. The molecule has 5 rings (SSSR count). The zero-order chi connectivity index (χ0) is 25.9. The van der Waals surface area contributed by atoms with Crippen LogP contribution in [0.4, 0.5) is 10.7 Å². The maximum Gasteiger partial charge on any atom is 0.413 e. The van der Waals surface area contributed by atoms with Gasteiger partial charge in [0.25, 0.3) is 0 Å². The standard InChI is InChI=1S/C28H32N6O3/c1-5-36-28(35)33-27-31-25-13-21(12-22(26(25)32-27)24-8-6-7-11-29-24)20-9-10-23(30-14-20)19(4)34-15-17(2)37-18(3)16-34/h6-14,17-19H,5,15-16H2,1-4H3,(H2,31,32,33,35)/t17-,18+,19?. The molecule has 0 radical (unpaired) electrons. The summed E-state index contributed by atoms with van der Waals surface area (Å²) in [5, 5.41) is 2.65. The number of nitrogens with one attached hydrogen (secondary N) is 2. The summed E-state index contributed by atoms with van der Waals surface area (Å²) >= 11 is 0. The SMILES string of the molecule is CCOC(=O)Nc1nc2c(-c3ccccn3)cc(-c3ccc(C(C)N4C[C@@H](C)O[C@@H](C)C4)nc3)cc2[nH]1. The molecule has 1 unspecified atom stereocenters. The van der Waals surface area contributed by atoms with Crippen molar-refractivity contribution in [1.29, 1.82) is 0 Å². The van der Waals surface area contributed by atoms with Crippen LogP contribution in [-0.4, -0.2) is 62.8 Å². The van der Waals surface area contributed by atoms with E-state index in [1.807, 2.05) is 30.5 Å². The third kappa shape index (κ3) is 5.47. The smallest absolute Gasteiger partial charge is 0.413 e. The summed E-state index contributed by atoms with van der Waals surface area (Å²) in [6, 6.07) is 14.2. The molecule has 3 aromatic heterocycles. The van der Waals surface area contributed by atoms with Crippen molar-refractivity contribution >= 4 is 23.1 Å². The Morgan fingerprint density at radius 1 is 1.16 bits per heavy atom. The lowest BCUT2D eigenvalue weighted by molar-refractivity contribution is -0.0793. The third-order valence-electron chi connectivity index (χ3n) is 6.57. The van der Waals surface area contributed by atoms with Crippen LogP contribution in [0, 0.1) is 0 Å². The number of carbonyl (C=O) groups is 1. The number of carbonyl (C=O) groups excluding carboxylic acids is 1. The van der Waals surface area contributed by atoms with E-state index in [9.17, 15) is 4.79 Å². The number of aromatic nitrogens is 4. The van der Waals surface area contributed by atoms with Gasteiger partial charge in [-0.3, -0.25) is 20.2 Å². The zero-order valence-corrected chi connectivity index (χ0v) is 21.6. The Hall–Kier alpha value is -3.82. The first-order valence-corrected chi connectivity index (χ1v) is 12.7. The van der Waals surface area contributed by atoms with Crippen molar-refractivity contribution in [2.75, 3.05) is 25.0 Å². The predicted molar refractivity (Wildman–Crippen MR) is 143 cm³/mol. The molecular weight excluding hydrogens is 468 g/mol. The summed E-state index contributed by atoms with van der Waals surface area (Å²) in [7, 11) is 0. The van der Waals surface area contributed by atoms with E-state index >= 15 is 0 Å². The molecule has 4 aromatic rings. The molecule has 2 N–H and O–H groups in total. The van der Waals surface area contributed by atoms with E-state index in [-0.39, 0.29) is 24.9 Å². The first-order valence-electron chi connectivity index (χ1n) is 12.7. The van der Waals surface area contributed by atoms with Crippen LogP contribution in [0.1, 0.15) is 39.4 Å². The van der Waals surface area contributed by atoms with E-state index in [2.05, 4.69) is 64.1 Å². The van der Waals surface area contributed by atoms with Gasteiger partial charge in [-0.15, -0.1) is 0 Å². The maximum absolute atomic E-state index is 11.9. The monoisotopic (exact) mass is 500 g/mol. The quantitative estimate of drug-likeness (QED) is 0.364. The number of imidazole rings is 1. The second kappa shape index (κ2) is 10.7. The molecule has 3 atom stereocenters. The number of pyridine rings is 2. The number of aromatic amines is 1. The normalized spacial score (nSPS) is 19.0. The van der Waals surface area contributed by atoms with Crippen LogP contribution in [0.2, 0.25) is 0 Å². The molecule has 1 aliphatic rings. The fraction of sp³-hybridized carbons (Fsp3) is 0.357. The van der Waals surface area contributed by atoms with Crippen LogP contribution in [0.3, 0.4) is 0 Å². The van der Waals surface area contributed by atoms with Crippen molar-refractivity contribution in [2.24, 2.45) is 0 Å². The average Bonchev–Trinajstić information content (AvgIpc) is 3.30.